The second kappa shape index (κ2) is 3.45. The molecule has 0 bridgehead atoms. The molecular formula is C13H16N4. The maximum atomic E-state index is 4.61. The lowest BCUT2D eigenvalue weighted by atomic mass is 10.3. The third-order valence-electron chi connectivity index (χ3n) is 3.66. The quantitative estimate of drug-likeness (QED) is 0.874. The van der Waals surface area contributed by atoms with Crippen molar-refractivity contribution in [3.63, 3.8) is 0 Å². The molecular weight excluding hydrogens is 212 g/mol. The molecule has 1 N–H and O–H groups in total. The van der Waals surface area contributed by atoms with Gasteiger partial charge in [-0.1, -0.05) is 0 Å². The number of nitrogens with one attached hydrogen (secondary N) is 1. The number of aromatic nitrogens is 3. The molecule has 4 rings (SSSR count). The minimum Gasteiger partial charge on any atom is -0.368 e. The second-order valence-corrected chi connectivity index (χ2v) is 5.27. The lowest BCUT2D eigenvalue weighted by molar-refractivity contribution is 0.866. The van der Waals surface area contributed by atoms with Crippen LogP contribution in [0.25, 0.3) is 5.52 Å². The van der Waals surface area contributed by atoms with Crippen molar-refractivity contribution in [2.75, 3.05) is 11.9 Å². The van der Waals surface area contributed by atoms with E-state index >= 15 is 0 Å². The zero-order valence-electron chi connectivity index (χ0n) is 9.76. The van der Waals surface area contributed by atoms with Crippen LogP contribution in [0.5, 0.6) is 0 Å². The minimum atomic E-state index is 0.700. The molecule has 0 spiro atoms. The molecule has 2 aromatic rings. The topological polar surface area (TPSA) is 42.2 Å². The molecule has 2 fully saturated rings. The van der Waals surface area contributed by atoms with Gasteiger partial charge in [0.1, 0.15) is 5.52 Å². The van der Waals surface area contributed by atoms with Crippen LogP contribution in [-0.4, -0.2) is 21.1 Å². The summed E-state index contributed by atoms with van der Waals surface area (Å²) in [5.74, 6) is 2.55. The van der Waals surface area contributed by atoms with E-state index < -0.39 is 0 Å². The van der Waals surface area contributed by atoms with E-state index in [0.29, 0.717) is 5.92 Å². The molecule has 88 valence electrons. The van der Waals surface area contributed by atoms with Crippen molar-refractivity contribution < 1.29 is 0 Å². The molecule has 2 saturated carbocycles. The first kappa shape index (κ1) is 9.45. The van der Waals surface area contributed by atoms with Gasteiger partial charge in [-0.15, -0.1) is 0 Å². The van der Waals surface area contributed by atoms with Gasteiger partial charge < -0.3 is 5.32 Å². The van der Waals surface area contributed by atoms with Crippen LogP contribution in [0.3, 0.4) is 0 Å². The molecule has 0 atom stereocenters. The molecule has 0 unspecified atom stereocenters. The predicted molar refractivity (Wildman–Crippen MR) is 66.2 cm³/mol. The fourth-order valence-corrected chi connectivity index (χ4v) is 2.22. The Bertz CT molecular complexity index is 552. The van der Waals surface area contributed by atoms with Crippen molar-refractivity contribution in [3.05, 3.63) is 24.2 Å². The van der Waals surface area contributed by atoms with Gasteiger partial charge >= 0.3 is 0 Å². The molecule has 0 saturated heterocycles. The van der Waals surface area contributed by atoms with E-state index in [1.54, 1.807) is 0 Å². The molecule has 2 aliphatic carbocycles. The SMILES string of the molecule is c1cn2nc(C3CC3)cc2c(NCC2CC2)n1. The largest absolute Gasteiger partial charge is 0.368 e. The maximum Gasteiger partial charge on any atom is 0.152 e. The van der Waals surface area contributed by atoms with E-state index in [2.05, 4.69) is 21.5 Å². The van der Waals surface area contributed by atoms with Crippen LogP contribution < -0.4 is 5.32 Å². The van der Waals surface area contributed by atoms with Gasteiger partial charge in [-0.05, 0) is 37.7 Å². The standard InChI is InChI=1S/C13H16N4/c1-2-9(1)8-15-13-12-7-11(10-3-4-10)16-17(12)6-5-14-13/h5-7,9-10H,1-4,8H2,(H,14,15). The molecule has 17 heavy (non-hydrogen) atoms. The first-order chi connectivity index (χ1) is 8.40. The highest BCUT2D eigenvalue weighted by Crippen LogP contribution is 2.40. The monoisotopic (exact) mass is 228 g/mol. The van der Waals surface area contributed by atoms with Crippen molar-refractivity contribution in [1.29, 1.82) is 0 Å². The van der Waals surface area contributed by atoms with Gasteiger partial charge in [-0.3, -0.25) is 0 Å². The highest BCUT2D eigenvalue weighted by Gasteiger charge is 2.27. The Morgan fingerprint density at radius 2 is 2.18 bits per heavy atom. The van der Waals surface area contributed by atoms with Crippen LogP contribution in [0, 0.1) is 5.92 Å². The number of rotatable bonds is 4. The molecule has 2 aromatic heterocycles. The van der Waals surface area contributed by atoms with Gasteiger partial charge in [0, 0.05) is 24.9 Å². The Labute approximate surface area is 100 Å². The van der Waals surface area contributed by atoms with E-state index in [4.69, 9.17) is 0 Å². The number of hydrogen-bond donors (Lipinski definition) is 1. The molecule has 4 heteroatoms. The van der Waals surface area contributed by atoms with Crippen molar-refractivity contribution >= 4 is 11.3 Å². The van der Waals surface area contributed by atoms with Crippen LogP contribution in [0.4, 0.5) is 5.82 Å². The Morgan fingerprint density at radius 3 is 2.94 bits per heavy atom. The van der Waals surface area contributed by atoms with Gasteiger partial charge in [-0.25, -0.2) is 9.50 Å². The number of anilines is 1. The fraction of sp³-hybridized carbons (Fsp3) is 0.538. The summed E-state index contributed by atoms with van der Waals surface area (Å²) in [5.41, 5.74) is 2.35. The molecule has 2 aliphatic rings. The zero-order chi connectivity index (χ0) is 11.2. The van der Waals surface area contributed by atoms with Crippen molar-refractivity contribution in [3.8, 4) is 0 Å². The summed E-state index contributed by atoms with van der Waals surface area (Å²) >= 11 is 0. The van der Waals surface area contributed by atoms with Crippen LogP contribution in [-0.2, 0) is 0 Å². The van der Waals surface area contributed by atoms with E-state index in [0.717, 1.165) is 23.8 Å². The second-order valence-electron chi connectivity index (χ2n) is 5.27. The van der Waals surface area contributed by atoms with E-state index in [1.165, 1.54) is 31.4 Å². The Balaban J connectivity index is 1.68. The summed E-state index contributed by atoms with van der Waals surface area (Å²) < 4.78 is 1.95. The number of hydrogen-bond acceptors (Lipinski definition) is 3. The molecule has 2 heterocycles. The minimum absolute atomic E-state index is 0.700. The van der Waals surface area contributed by atoms with E-state index in [9.17, 15) is 0 Å². The van der Waals surface area contributed by atoms with Crippen LogP contribution in [0.2, 0.25) is 0 Å². The Kier molecular flexibility index (Phi) is 1.92. The summed E-state index contributed by atoms with van der Waals surface area (Å²) in [5, 5.41) is 8.07. The number of fused-ring (bicyclic) bond motifs is 1. The van der Waals surface area contributed by atoms with Gasteiger partial charge in [0.25, 0.3) is 0 Å². The lowest BCUT2D eigenvalue weighted by Gasteiger charge is -2.05. The molecule has 0 radical (unpaired) electrons. The smallest absolute Gasteiger partial charge is 0.152 e. The summed E-state index contributed by atoms with van der Waals surface area (Å²) in [6, 6.07) is 2.19. The van der Waals surface area contributed by atoms with Crippen molar-refractivity contribution in [2.45, 2.75) is 31.6 Å². The summed E-state index contributed by atoms with van der Waals surface area (Å²) in [6.07, 6.45) is 9.07. The van der Waals surface area contributed by atoms with Crippen LogP contribution >= 0.6 is 0 Å². The average molecular weight is 228 g/mol. The predicted octanol–water partition coefficient (Wildman–Crippen LogP) is 2.43. The van der Waals surface area contributed by atoms with Crippen LogP contribution in [0.1, 0.15) is 37.3 Å². The summed E-state index contributed by atoms with van der Waals surface area (Å²) in [7, 11) is 0. The fourth-order valence-electron chi connectivity index (χ4n) is 2.22. The third-order valence-corrected chi connectivity index (χ3v) is 3.66. The van der Waals surface area contributed by atoms with Crippen LogP contribution in [0.15, 0.2) is 18.5 Å². The molecule has 0 amide bonds. The molecule has 4 nitrogen and oxygen atoms in total. The normalized spacial score (nSPS) is 19.8. The number of nitrogens with zero attached hydrogens (tertiary/aromatic N) is 3. The highest BCUT2D eigenvalue weighted by molar-refractivity contribution is 5.68. The Morgan fingerprint density at radius 1 is 1.29 bits per heavy atom. The zero-order valence-corrected chi connectivity index (χ0v) is 9.76. The van der Waals surface area contributed by atoms with E-state index in [-0.39, 0.29) is 0 Å². The first-order valence-corrected chi connectivity index (χ1v) is 6.48. The van der Waals surface area contributed by atoms with Crippen molar-refractivity contribution in [2.24, 2.45) is 5.92 Å². The van der Waals surface area contributed by atoms with Crippen molar-refractivity contribution in [1.82, 2.24) is 14.6 Å². The molecule has 0 aliphatic heterocycles. The highest BCUT2D eigenvalue weighted by atomic mass is 15.2. The maximum absolute atomic E-state index is 4.61. The van der Waals surface area contributed by atoms with E-state index in [1.807, 2.05) is 16.9 Å². The van der Waals surface area contributed by atoms with Gasteiger partial charge in [0.15, 0.2) is 5.82 Å². The summed E-state index contributed by atoms with van der Waals surface area (Å²) in [4.78, 5) is 4.43. The summed E-state index contributed by atoms with van der Waals surface area (Å²) in [6.45, 7) is 1.05. The van der Waals surface area contributed by atoms with Gasteiger partial charge in [-0.2, -0.15) is 5.10 Å². The average Bonchev–Trinajstić information content (AvgIpc) is 3.24. The third kappa shape index (κ3) is 1.77. The Hall–Kier alpha value is -1.58. The van der Waals surface area contributed by atoms with Gasteiger partial charge in [0.2, 0.25) is 0 Å². The first-order valence-electron chi connectivity index (χ1n) is 6.48. The van der Waals surface area contributed by atoms with Gasteiger partial charge in [0.05, 0.1) is 5.69 Å². The molecule has 0 aromatic carbocycles. The lowest BCUT2D eigenvalue weighted by Crippen LogP contribution is -2.06.